The number of para-hydroxylation sites is 1. The third kappa shape index (κ3) is 4.11. The minimum absolute atomic E-state index is 0.0361. The molecular formula is C22H17Br2N3O. The molecule has 1 N–H and O–H groups in total. The van der Waals surface area contributed by atoms with Crippen molar-refractivity contribution in [3.8, 4) is 11.8 Å². The molecule has 0 aliphatic rings. The predicted molar refractivity (Wildman–Crippen MR) is 119 cm³/mol. The van der Waals surface area contributed by atoms with Gasteiger partial charge in [0, 0.05) is 37.3 Å². The van der Waals surface area contributed by atoms with Gasteiger partial charge in [-0.2, -0.15) is 5.26 Å². The highest BCUT2D eigenvalue weighted by Gasteiger charge is 2.18. The molecule has 0 aliphatic carbocycles. The van der Waals surface area contributed by atoms with Crippen molar-refractivity contribution in [3.63, 3.8) is 0 Å². The lowest BCUT2D eigenvalue weighted by Gasteiger charge is -2.09. The fourth-order valence-corrected chi connectivity index (χ4v) is 3.99. The number of carbonyl (C=O) groups is 1. The lowest BCUT2D eigenvalue weighted by atomic mass is 10.1. The average molecular weight is 499 g/mol. The predicted octanol–water partition coefficient (Wildman–Crippen LogP) is 6.16. The van der Waals surface area contributed by atoms with E-state index in [0.717, 1.165) is 31.6 Å². The number of amides is 1. The molecule has 3 aromatic rings. The standard InChI is InChI=1S/C22H17Br2N3O/c1-14-20(21(24)15(2)27(14)19-9-4-3-5-10-19)11-16(13-25)22(28)26-18-8-6-7-17(23)12-18/h3-12H,1-2H3,(H,26,28)/b16-11-. The first-order valence-electron chi connectivity index (χ1n) is 8.54. The van der Waals surface area contributed by atoms with Crippen molar-refractivity contribution in [3.05, 3.63) is 86.1 Å². The van der Waals surface area contributed by atoms with Gasteiger partial charge in [-0.3, -0.25) is 4.79 Å². The fourth-order valence-electron chi connectivity index (χ4n) is 3.01. The molecule has 4 nitrogen and oxygen atoms in total. The summed E-state index contributed by atoms with van der Waals surface area (Å²) in [5.74, 6) is -0.447. The maximum Gasteiger partial charge on any atom is 0.266 e. The molecule has 3 rings (SSSR count). The summed E-state index contributed by atoms with van der Waals surface area (Å²) >= 11 is 6.99. The molecule has 0 bridgehead atoms. The summed E-state index contributed by atoms with van der Waals surface area (Å²) in [7, 11) is 0. The van der Waals surface area contributed by atoms with Gasteiger partial charge in [-0.05, 0) is 66.2 Å². The molecule has 1 amide bonds. The molecule has 0 radical (unpaired) electrons. The lowest BCUT2D eigenvalue weighted by Crippen LogP contribution is -2.13. The maximum absolute atomic E-state index is 12.6. The highest BCUT2D eigenvalue weighted by atomic mass is 79.9. The molecule has 1 heterocycles. The molecule has 1 aromatic heterocycles. The number of nitrogens with zero attached hydrogens (tertiary/aromatic N) is 2. The van der Waals surface area contributed by atoms with Gasteiger partial charge in [0.05, 0.1) is 0 Å². The Morgan fingerprint density at radius 2 is 1.79 bits per heavy atom. The molecule has 6 heteroatoms. The number of halogens is 2. The van der Waals surface area contributed by atoms with Gasteiger partial charge in [0.2, 0.25) is 0 Å². The molecule has 0 spiro atoms. The smallest absolute Gasteiger partial charge is 0.266 e. The van der Waals surface area contributed by atoms with Crippen molar-refractivity contribution in [2.24, 2.45) is 0 Å². The van der Waals surface area contributed by atoms with Gasteiger partial charge in [0.15, 0.2) is 0 Å². The zero-order valence-corrected chi connectivity index (χ0v) is 18.5. The third-order valence-electron chi connectivity index (χ3n) is 4.37. The summed E-state index contributed by atoms with van der Waals surface area (Å²) < 4.78 is 3.80. The van der Waals surface area contributed by atoms with Gasteiger partial charge in [-0.25, -0.2) is 0 Å². The number of carbonyl (C=O) groups excluding carboxylic acids is 1. The molecule has 0 saturated carbocycles. The highest BCUT2D eigenvalue weighted by molar-refractivity contribution is 9.10. The molecule has 2 aromatic carbocycles. The van der Waals surface area contributed by atoms with Crippen LogP contribution in [0.15, 0.2) is 69.1 Å². The molecular weight excluding hydrogens is 482 g/mol. The van der Waals surface area contributed by atoms with E-state index in [1.54, 1.807) is 18.2 Å². The minimum atomic E-state index is -0.447. The maximum atomic E-state index is 12.6. The second kappa shape index (κ2) is 8.59. The number of rotatable bonds is 4. The van der Waals surface area contributed by atoms with Crippen LogP contribution in [0.5, 0.6) is 0 Å². The fraction of sp³-hybridized carbons (Fsp3) is 0.0909. The van der Waals surface area contributed by atoms with Crippen LogP contribution in [-0.2, 0) is 4.79 Å². The SMILES string of the molecule is Cc1c(Br)c(/C=C(/C#N)C(=O)Nc2cccc(Br)c2)c(C)n1-c1ccccc1. The van der Waals surface area contributed by atoms with E-state index < -0.39 is 5.91 Å². The van der Waals surface area contributed by atoms with Crippen LogP contribution in [-0.4, -0.2) is 10.5 Å². The Labute approximate surface area is 180 Å². The zero-order chi connectivity index (χ0) is 20.3. The quantitative estimate of drug-likeness (QED) is 0.345. The van der Waals surface area contributed by atoms with Crippen LogP contribution >= 0.6 is 31.9 Å². The number of hydrogen-bond acceptors (Lipinski definition) is 2. The van der Waals surface area contributed by atoms with Gasteiger partial charge in [0.1, 0.15) is 11.6 Å². The Morgan fingerprint density at radius 3 is 2.43 bits per heavy atom. The van der Waals surface area contributed by atoms with Crippen molar-refractivity contribution < 1.29 is 4.79 Å². The monoisotopic (exact) mass is 497 g/mol. The van der Waals surface area contributed by atoms with E-state index in [2.05, 4.69) is 41.7 Å². The Balaban J connectivity index is 1.99. The summed E-state index contributed by atoms with van der Waals surface area (Å²) in [5.41, 5.74) is 4.43. The van der Waals surface area contributed by atoms with Crippen molar-refractivity contribution in [2.75, 3.05) is 5.32 Å². The van der Waals surface area contributed by atoms with Crippen LogP contribution in [0, 0.1) is 25.2 Å². The van der Waals surface area contributed by atoms with Crippen LogP contribution in [0.3, 0.4) is 0 Å². The van der Waals surface area contributed by atoms with E-state index in [-0.39, 0.29) is 5.57 Å². The van der Waals surface area contributed by atoms with Crippen molar-refractivity contribution in [1.29, 1.82) is 5.26 Å². The second-order valence-corrected chi connectivity index (χ2v) is 7.91. The Hall–Kier alpha value is -2.62. The van der Waals surface area contributed by atoms with Gasteiger partial charge in [0.25, 0.3) is 5.91 Å². The number of anilines is 1. The van der Waals surface area contributed by atoms with Crippen molar-refractivity contribution in [2.45, 2.75) is 13.8 Å². The molecule has 0 unspecified atom stereocenters. The number of hydrogen-bond donors (Lipinski definition) is 1. The Bertz CT molecular complexity index is 1110. The molecule has 0 aliphatic heterocycles. The molecule has 140 valence electrons. The van der Waals surface area contributed by atoms with Crippen LogP contribution < -0.4 is 5.32 Å². The van der Waals surface area contributed by atoms with Crippen molar-refractivity contribution >= 4 is 49.5 Å². The van der Waals surface area contributed by atoms with Gasteiger partial charge in [-0.15, -0.1) is 0 Å². The summed E-state index contributed by atoms with van der Waals surface area (Å²) in [5, 5.41) is 12.3. The van der Waals surface area contributed by atoms with Gasteiger partial charge >= 0.3 is 0 Å². The van der Waals surface area contributed by atoms with E-state index in [9.17, 15) is 10.1 Å². The van der Waals surface area contributed by atoms with Crippen molar-refractivity contribution in [1.82, 2.24) is 4.57 Å². The zero-order valence-electron chi connectivity index (χ0n) is 15.3. The first-order valence-corrected chi connectivity index (χ1v) is 10.1. The first kappa shape index (κ1) is 20.1. The van der Waals surface area contributed by atoms with Gasteiger partial charge in [-0.1, -0.05) is 40.2 Å². The summed E-state index contributed by atoms with van der Waals surface area (Å²) in [6.45, 7) is 3.97. The normalized spacial score (nSPS) is 11.2. The molecule has 28 heavy (non-hydrogen) atoms. The molecule has 0 fully saturated rings. The van der Waals surface area contributed by atoms with Crippen LogP contribution in [0.1, 0.15) is 17.0 Å². The Kier molecular flexibility index (Phi) is 6.18. The minimum Gasteiger partial charge on any atom is -0.321 e. The number of nitrogens with one attached hydrogen (secondary N) is 1. The van der Waals surface area contributed by atoms with E-state index >= 15 is 0 Å². The number of benzene rings is 2. The van der Waals surface area contributed by atoms with Gasteiger partial charge < -0.3 is 9.88 Å². The largest absolute Gasteiger partial charge is 0.321 e. The summed E-state index contributed by atoms with van der Waals surface area (Å²) in [6.07, 6.45) is 1.62. The average Bonchev–Trinajstić information content (AvgIpc) is 2.89. The third-order valence-corrected chi connectivity index (χ3v) is 5.86. The molecule has 0 atom stereocenters. The van der Waals surface area contributed by atoms with E-state index in [1.807, 2.05) is 62.4 Å². The summed E-state index contributed by atoms with van der Waals surface area (Å²) in [6, 6.07) is 19.2. The Morgan fingerprint density at radius 1 is 1.07 bits per heavy atom. The second-order valence-electron chi connectivity index (χ2n) is 6.20. The number of aromatic nitrogens is 1. The van der Waals surface area contributed by atoms with Crippen LogP contribution in [0.4, 0.5) is 5.69 Å². The van der Waals surface area contributed by atoms with E-state index in [0.29, 0.717) is 5.69 Å². The topological polar surface area (TPSA) is 57.8 Å². The lowest BCUT2D eigenvalue weighted by molar-refractivity contribution is -0.112. The van der Waals surface area contributed by atoms with E-state index in [1.165, 1.54) is 0 Å². The molecule has 0 saturated heterocycles. The first-order chi connectivity index (χ1) is 13.4. The summed E-state index contributed by atoms with van der Waals surface area (Å²) in [4.78, 5) is 12.6. The highest BCUT2D eigenvalue weighted by Crippen LogP contribution is 2.32. The van der Waals surface area contributed by atoms with Crippen LogP contribution in [0.25, 0.3) is 11.8 Å². The number of nitriles is 1. The van der Waals surface area contributed by atoms with E-state index in [4.69, 9.17) is 0 Å². The van der Waals surface area contributed by atoms with Crippen LogP contribution in [0.2, 0.25) is 0 Å².